The van der Waals surface area contributed by atoms with Crippen LogP contribution in [0, 0.1) is 17.8 Å². The van der Waals surface area contributed by atoms with E-state index in [9.17, 15) is 8.42 Å². The molecular weight excluding hydrogens is 302 g/mol. The molecule has 0 radical (unpaired) electrons. The highest BCUT2D eigenvalue weighted by molar-refractivity contribution is 7.86. The second-order valence-corrected chi connectivity index (χ2v) is 7.11. The van der Waals surface area contributed by atoms with E-state index in [-0.39, 0.29) is 6.61 Å². The summed E-state index contributed by atoms with van der Waals surface area (Å²) < 4.78 is 26.3. The Kier molecular flexibility index (Phi) is 5.75. The van der Waals surface area contributed by atoms with Gasteiger partial charge in [-0.1, -0.05) is 11.8 Å². The molecule has 0 aliphatic heterocycles. The molecule has 1 saturated carbocycles. The van der Waals surface area contributed by atoms with Crippen LogP contribution in [0.1, 0.15) is 25.7 Å². The first-order valence-corrected chi connectivity index (χ1v) is 9.09. The van der Waals surface area contributed by atoms with E-state index < -0.39 is 10.1 Å². The van der Waals surface area contributed by atoms with Gasteiger partial charge >= 0.3 is 0 Å². The van der Waals surface area contributed by atoms with Gasteiger partial charge < -0.3 is 4.90 Å². The van der Waals surface area contributed by atoms with E-state index in [0.29, 0.717) is 12.0 Å². The van der Waals surface area contributed by atoms with E-state index in [1.807, 2.05) is 7.05 Å². The minimum atomic E-state index is -3.40. The number of hydrogen-bond acceptors (Lipinski definition) is 6. The Balaban J connectivity index is 1.80. The second kappa shape index (κ2) is 7.56. The summed E-state index contributed by atoms with van der Waals surface area (Å²) >= 11 is 0. The minimum Gasteiger partial charge on any atom is -0.355 e. The minimum absolute atomic E-state index is 0.0573. The highest BCUT2D eigenvalue weighted by Gasteiger charge is 2.23. The molecule has 1 aliphatic rings. The Labute approximate surface area is 132 Å². The summed E-state index contributed by atoms with van der Waals surface area (Å²) in [6, 6.07) is 0.446. The molecule has 0 unspecified atom stereocenters. The van der Waals surface area contributed by atoms with Gasteiger partial charge in [0.05, 0.1) is 12.5 Å². The highest BCUT2D eigenvalue weighted by atomic mass is 32.2. The normalized spacial score (nSPS) is 21.7. The second-order valence-electron chi connectivity index (χ2n) is 5.47. The maximum atomic E-state index is 10.8. The third-order valence-electron chi connectivity index (χ3n) is 3.81. The van der Waals surface area contributed by atoms with Gasteiger partial charge in [0, 0.05) is 31.4 Å². The van der Waals surface area contributed by atoms with Gasteiger partial charge in [0.25, 0.3) is 10.1 Å². The Morgan fingerprint density at radius 2 is 2.05 bits per heavy atom. The molecule has 1 aliphatic carbocycles. The van der Waals surface area contributed by atoms with E-state index >= 15 is 0 Å². The van der Waals surface area contributed by atoms with Crippen LogP contribution in [0.5, 0.6) is 0 Å². The molecule has 0 amide bonds. The Bertz CT molecular complexity index is 629. The van der Waals surface area contributed by atoms with Crippen LogP contribution in [0.4, 0.5) is 5.82 Å². The molecule has 1 aromatic rings. The van der Waals surface area contributed by atoms with E-state index in [1.165, 1.54) is 0 Å². The van der Waals surface area contributed by atoms with Crippen LogP contribution in [0.2, 0.25) is 0 Å². The number of hydrogen-bond donors (Lipinski definition) is 0. The van der Waals surface area contributed by atoms with Crippen LogP contribution in [-0.2, 0) is 14.3 Å². The van der Waals surface area contributed by atoms with Crippen molar-refractivity contribution in [3.05, 3.63) is 18.6 Å². The maximum absolute atomic E-state index is 10.8. The van der Waals surface area contributed by atoms with Gasteiger partial charge in [-0.05, 0) is 25.7 Å². The summed E-state index contributed by atoms with van der Waals surface area (Å²) in [5, 5.41) is 0. The summed E-state index contributed by atoms with van der Waals surface area (Å²) in [5.41, 5.74) is 0. The van der Waals surface area contributed by atoms with Crippen molar-refractivity contribution in [3.63, 3.8) is 0 Å². The molecule has 0 atom stereocenters. The van der Waals surface area contributed by atoms with Crippen molar-refractivity contribution in [1.29, 1.82) is 0 Å². The average Bonchev–Trinajstić information content (AvgIpc) is 2.51. The fourth-order valence-corrected chi connectivity index (χ4v) is 2.86. The van der Waals surface area contributed by atoms with Crippen molar-refractivity contribution >= 4 is 15.9 Å². The number of rotatable bonds is 4. The smallest absolute Gasteiger partial charge is 0.265 e. The monoisotopic (exact) mass is 323 g/mol. The molecule has 7 heteroatoms. The first-order chi connectivity index (χ1) is 10.5. The molecular formula is C15H21N3O3S. The maximum Gasteiger partial charge on any atom is 0.265 e. The molecule has 6 nitrogen and oxygen atoms in total. The SMILES string of the molecule is CN(c1cnccn1)C1CCC(C#CCOS(C)(=O)=O)CC1. The van der Waals surface area contributed by atoms with E-state index in [2.05, 4.69) is 30.9 Å². The summed E-state index contributed by atoms with van der Waals surface area (Å²) in [6.45, 7) is -0.0573. The topological polar surface area (TPSA) is 72.4 Å². The van der Waals surface area contributed by atoms with Crippen molar-refractivity contribution in [2.75, 3.05) is 24.8 Å². The van der Waals surface area contributed by atoms with Gasteiger partial charge in [-0.25, -0.2) is 4.98 Å². The molecule has 0 bridgehead atoms. The molecule has 1 fully saturated rings. The zero-order chi connectivity index (χ0) is 16.0. The highest BCUT2D eigenvalue weighted by Crippen LogP contribution is 2.28. The standard InChI is InChI=1S/C15H21N3O3S/c1-18(15-12-16-9-10-17-15)14-7-5-13(6-8-14)4-3-11-21-22(2,19)20/h9-10,12-14H,5-8,11H2,1-2H3. The van der Waals surface area contributed by atoms with Crippen molar-refractivity contribution in [1.82, 2.24) is 9.97 Å². The summed E-state index contributed by atoms with van der Waals surface area (Å²) in [6.07, 6.45) is 10.3. The van der Waals surface area contributed by atoms with Gasteiger partial charge in [-0.15, -0.1) is 0 Å². The predicted molar refractivity (Wildman–Crippen MR) is 84.8 cm³/mol. The van der Waals surface area contributed by atoms with Crippen molar-refractivity contribution in [2.24, 2.45) is 5.92 Å². The van der Waals surface area contributed by atoms with E-state index in [4.69, 9.17) is 0 Å². The molecule has 2 rings (SSSR count). The predicted octanol–water partition coefficient (Wildman–Crippen LogP) is 1.45. The van der Waals surface area contributed by atoms with Crippen LogP contribution in [0.3, 0.4) is 0 Å². The van der Waals surface area contributed by atoms with Gasteiger partial charge in [-0.2, -0.15) is 8.42 Å². The third kappa shape index (κ3) is 5.28. The summed E-state index contributed by atoms with van der Waals surface area (Å²) in [5.74, 6) is 7.11. The summed E-state index contributed by atoms with van der Waals surface area (Å²) in [4.78, 5) is 10.6. The molecule has 0 N–H and O–H groups in total. The van der Waals surface area contributed by atoms with Crippen LogP contribution >= 0.6 is 0 Å². The summed E-state index contributed by atoms with van der Waals surface area (Å²) in [7, 11) is -1.36. The number of anilines is 1. The Morgan fingerprint density at radius 1 is 1.32 bits per heavy atom. The third-order valence-corrected chi connectivity index (χ3v) is 4.35. The van der Waals surface area contributed by atoms with Crippen LogP contribution in [0.25, 0.3) is 0 Å². The van der Waals surface area contributed by atoms with Crippen LogP contribution < -0.4 is 4.90 Å². The van der Waals surface area contributed by atoms with Crippen LogP contribution in [-0.4, -0.2) is 44.3 Å². The largest absolute Gasteiger partial charge is 0.355 e. The van der Waals surface area contributed by atoms with Crippen LogP contribution in [0.15, 0.2) is 18.6 Å². The van der Waals surface area contributed by atoms with E-state index in [1.54, 1.807) is 18.6 Å². The quantitative estimate of drug-likeness (QED) is 0.617. The lowest BCUT2D eigenvalue weighted by molar-refractivity contribution is 0.362. The molecule has 22 heavy (non-hydrogen) atoms. The van der Waals surface area contributed by atoms with Gasteiger partial charge in [0.15, 0.2) is 0 Å². The van der Waals surface area contributed by atoms with Crippen molar-refractivity contribution in [2.45, 2.75) is 31.7 Å². The van der Waals surface area contributed by atoms with Crippen molar-refractivity contribution in [3.8, 4) is 11.8 Å². The van der Waals surface area contributed by atoms with Gasteiger partial charge in [0.1, 0.15) is 12.4 Å². The fraction of sp³-hybridized carbons (Fsp3) is 0.600. The molecule has 0 aromatic carbocycles. The lowest BCUT2D eigenvalue weighted by Gasteiger charge is -2.33. The Morgan fingerprint density at radius 3 is 2.64 bits per heavy atom. The molecule has 0 saturated heterocycles. The Hall–Kier alpha value is -1.65. The molecule has 0 spiro atoms. The fourth-order valence-electron chi connectivity index (χ4n) is 2.59. The lowest BCUT2D eigenvalue weighted by Crippen LogP contribution is -2.35. The first kappa shape index (κ1) is 16.7. The number of aromatic nitrogens is 2. The van der Waals surface area contributed by atoms with Crippen molar-refractivity contribution < 1.29 is 12.6 Å². The first-order valence-electron chi connectivity index (χ1n) is 7.27. The zero-order valence-corrected chi connectivity index (χ0v) is 13.7. The lowest BCUT2D eigenvalue weighted by atomic mass is 9.86. The molecule has 1 heterocycles. The number of nitrogens with zero attached hydrogens (tertiary/aromatic N) is 3. The average molecular weight is 323 g/mol. The van der Waals surface area contributed by atoms with E-state index in [0.717, 1.165) is 37.8 Å². The molecule has 1 aromatic heterocycles. The van der Waals surface area contributed by atoms with Gasteiger partial charge in [-0.3, -0.25) is 9.17 Å². The molecule has 120 valence electrons. The van der Waals surface area contributed by atoms with Gasteiger partial charge in [0.2, 0.25) is 0 Å². The zero-order valence-electron chi connectivity index (χ0n) is 12.9.